The first-order valence-electron chi connectivity index (χ1n) is 15.2. The van der Waals surface area contributed by atoms with Gasteiger partial charge in [0.15, 0.2) is 11.9 Å². The zero-order valence-electron chi connectivity index (χ0n) is 24.7. The first-order chi connectivity index (χ1) is 20.3. The fourth-order valence-electron chi connectivity index (χ4n) is 7.34. The Labute approximate surface area is 249 Å². The van der Waals surface area contributed by atoms with E-state index in [9.17, 15) is 9.90 Å². The van der Waals surface area contributed by atoms with E-state index in [1.165, 1.54) is 21.5 Å². The van der Waals surface area contributed by atoms with Crippen molar-refractivity contribution < 1.29 is 23.8 Å². The number of benzene rings is 3. The molecule has 6 nitrogen and oxygen atoms in total. The normalized spacial score (nSPS) is 25.3. The molecule has 0 radical (unpaired) electrons. The van der Waals surface area contributed by atoms with Crippen molar-refractivity contribution in [3.05, 3.63) is 96.1 Å². The van der Waals surface area contributed by atoms with Crippen LogP contribution in [0.1, 0.15) is 44.7 Å². The lowest BCUT2D eigenvalue weighted by Gasteiger charge is -2.43. The molecular formula is C35H41NO5Si. The number of aliphatic carboxylic acids is 1. The number of hydrogen-bond donors (Lipinski definition) is 1. The van der Waals surface area contributed by atoms with Gasteiger partial charge < -0.3 is 19.0 Å². The van der Waals surface area contributed by atoms with E-state index < -0.39 is 20.3 Å². The number of carboxylic acid groups (broad SMARTS) is 1. The average Bonchev–Trinajstić information content (AvgIpc) is 3.73. The van der Waals surface area contributed by atoms with Crippen molar-refractivity contribution in [2.75, 3.05) is 13.2 Å². The van der Waals surface area contributed by atoms with E-state index in [1.54, 1.807) is 0 Å². The van der Waals surface area contributed by atoms with Gasteiger partial charge in [0, 0.05) is 12.5 Å². The summed E-state index contributed by atoms with van der Waals surface area (Å²) >= 11 is 0. The summed E-state index contributed by atoms with van der Waals surface area (Å²) in [6, 6.07) is 29.6. The minimum Gasteiger partial charge on any atom is -0.480 e. The Hall–Kier alpha value is -3.26. The topological polar surface area (TPSA) is 77.4 Å². The molecule has 0 amide bonds. The molecule has 1 unspecified atom stereocenters. The lowest BCUT2D eigenvalue weighted by molar-refractivity contribution is -0.138. The molecule has 0 spiro atoms. The van der Waals surface area contributed by atoms with Gasteiger partial charge in [0.05, 0.1) is 18.1 Å². The minimum absolute atomic E-state index is 0.0234. The maximum absolute atomic E-state index is 11.5. The third-order valence-electron chi connectivity index (χ3n) is 9.26. The lowest BCUT2D eigenvalue weighted by atomic mass is 9.76. The summed E-state index contributed by atoms with van der Waals surface area (Å²) in [6.07, 6.45) is 3.92. The van der Waals surface area contributed by atoms with E-state index in [-0.39, 0.29) is 35.7 Å². The number of ether oxygens (including phenoxy) is 2. The van der Waals surface area contributed by atoms with Crippen LogP contribution in [0.3, 0.4) is 0 Å². The number of carbonyl (C=O) groups is 1. The van der Waals surface area contributed by atoms with Crippen LogP contribution in [0.25, 0.3) is 0 Å². The van der Waals surface area contributed by atoms with E-state index >= 15 is 0 Å². The quantitative estimate of drug-likeness (QED) is 0.339. The van der Waals surface area contributed by atoms with Gasteiger partial charge in [-0.05, 0) is 52.2 Å². The zero-order valence-corrected chi connectivity index (χ0v) is 25.7. The summed E-state index contributed by atoms with van der Waals surface area (Å²) in [5.74, 6) is -0.0954. The molecule has 0 aliphatic carbocycles. The highest BCUT2D eigenvalue weighted by atomic mass is 28.4. The molecule has 3 aromatic rings. The predicted molar refractivity (Wildman–Crippen MR) is 167 cm³/mol. The highest BCUT2D eigenvalue weighted by Gasteiger charge is 2.53. The molecule has 2 saturated heterocycles. The van der Waals surface area contributed by atoms with Crippen LogP contribution >= 0.6 is 0 Å². The second kappa shape index (κ2) is 11.8. The summed E-state index contributed by atoms with van der Waals surface area (Å²) in [7, 11) is -2.58. The van der Waals surface area contributed by atoms with Crippen molar-refractivity contribution in [2.45, 2.75) is 69.7 Å². The van der Waals surface area contributed by atoms with Crippen molar-refractivity contribution >= 4 is 30.6 Å². The number of fused-ring (bicyclic) bond motifs is 2. The molecule has 3 aliphatic heterocycles. The Morgan fingerprint density at radius 1 is 0.929 bits per heavy atom. The second-order valence-electron chi connectivity index (χ2n) is 12.9. The second-order valence-corrected chi connectivity index (χ2v) is 17.2. The van der Waals surface area contributed by atoms with E-state index in [4.69, 9.17) is 13.9 Å². The highest BCUT2D eigenvalue weighted by molar-refractivity contribution is 6.99. The van der Waals surface area contributed by atoms with Crippen molar-refractivity contribution in [3.63, 3.8) is 0 Å². The third kappa shape index (κ3) is 5.46. The maximum atomic E-state index is 11.5. The van der Waals surface area contributed by atoms with Crippen molar-refractivity contribution in [1.29, 1.82) is 0 Å². The standard InChI is InChI=1S/C35H41NO5Si/c1-35(2,3)42(26-13-6-4-7-14-26,27-15-8-5-9-16-27)40-20-19-24-11-10-12-25(21-24)22-28-30-17-18-31(41-30)32(28)33-36-29(23-39-33)34(37)38/h4-16,21,28-32H,17-20,22-23H2,1-3H3,(H,37,38)/t28-,29-,30-,31?,32-/m0/s1. The van der Waals surface area contributed by atoms with E-state index in [2.05, 4.69) is 111 Å². The average molecular weight is 584 g/mol. The molecule has 42 heavy (non-hydrogen) atoms. The Morgan fingerprint density at radius 2 is 1.57 bits per heavy atom. The van der Waals surface area contributed by atoms with Gasteiger partial charge in [0.1, 0.15) is 6.61 Å². The Kier molecular flexibility index (Phi) is 8.09. The van der Waals surface area contributed by atoms with Crippen LogP contribution in [-0.2, 0) is 31.5 Å². The van der Waals surface area contributed by atoms with Crippen LogP contribution in [-0.4, -0.2) is 56.8 Å². The molecule has 2 bridgehead atoms. The molecule has 1 N–H and O–H groups in total. The number of rotatable bonds is 10. The summed E-state index contributed by atoms with van der Waals surface area (Å²) < 4.78 is 19.3. The fraction of sp³-hybridized carbons (Fsp3) is 0.429. The van der Waals surface area contributed by atoms with Crippen LogP contribution < -0.4 is 10.4 Å². The van der Waals surface area contributed by atoms with E-state index in [0.717, 1.165) is 25.7 Å². The predicted octanol–water partition coefficient (Wildman–Crippen LogP) is 5.02. The first kappa shape index (κ1) is 28.8. The van der Waals surface area contributed by atoms with Gasteiger partial charge in [-0.1, -0.05) is 106 Å². The Balaban J connectivity index is 1.19. The van der Waals surface area contributed by atoms with Gasteiger partial charge in [0.25, 0.3) is 8.32 Å². The molecular weight excluding hydrogens is 542 g/mol. The van der Waals surface area contributed by atoms with Gasteiger partial charge in [-0.2, -0.15) is 0 Å². The maximum Gasteiger partial charge on any atom is 0.332 e. The monoisotopic (exact) mass is 583 g/mol. The molecule has 220 valence electrons. The number of nitrogens with zero attached hydrogens (tertiary/aromatic N) is 1. The smallest absolute Gasteiger partial charge is 0.332 e. The van der Waals surface area contributed by atoms with Crippen LogP contribution in [0, 0.1) is 11.8 Å². The van der Waals surface area contributed by atoms with Crippen molar-refractivity contribution in [3.8, 4) is 0 Å². The Morgan fingerprint density at radius 3 is 2.19 bits per heavy atom. The molecule has 5 atom stereocenters. The van der Waals surface area contributed by atoms with Gasteiger partial charge in [-0.3, -0.25) is 0 Å². The first-order valence-corrected chi connectivity index (χ1v) is 17.1. The van der Waals surface area contributed by atoms with Crippen LogP contribution in [0.2, 0.25) is 5.04 Å². The molecule has 3 aromatic carbocycles. The van der Waals surface area contributed by atoms with Gasteiger partial charge in [-0.25, -0.2) is 9.79 Å². The number of hydrogen-bond acceptors (Lipinski definition) is 5. The van der Waals surface area contributed by atoms with Crippen LogP contribution in [0.15, 0.2) is 89.9 Å². The highest BCUT2D eigenvalue weighted by Crippen LogP contribution is 2.46. The summed E-state index contributed by atoms with van der Waals surface area (Å²) in [5.41, 5.74) is 2.52. The molecule has 3 heterocycles. The number of carboxylic acids is 1. The lowest BCUT2D eigenvalue weighted by Crippen LogP contribution is -2.66. The number of aliphatic imine (C=N–C) groups is 1. The summed E-state index contributed by atoms with van der Waals surface area (Å²) in [5, 5.41) is 11.9. The molecule has 2 fully saturated rings. The van der Waals surface area contributed by atoms with Crippen molar-refractivity contribution in [2.24, 2.45) is 16.8 Å². The fourth-order valence-corrected chi connectivity index (χ4v) is 11.9. The van der Waals surface area contributed by atoms with Crippen LogP contribution in [0.4, 0.5) is 0 Å². The van der Waals surface area contributed by atoms with E-state index in [1.807, 2.05) is 0 Å². The van der Waals surface area contributed by atoms with Crippen LogP contribution in [0.5, 0.6) is 0 Å². The minimum atomic E-state index is -2.58. The molecule has 0 saturated carbocycles. The van der Waals surface area contributed by atoms with Crippen molar-refractivity contribution in [1.82, 2.24) is 0 Å². The largest absolute Gasteiger partial charge is 0.480 e. The Bertz CT molecular complexity index is 1380. The molecule has 6 rings (SSSR count). The third-order valence-corrected chi connectivity index (χ3v) is 14.3. The molecule has 0 aromatic heterocycles. The summed E-state index contributed by atoms with van der Waals surface area (Å²) in [6.45, 7) is 7.68. The molecule has 7 heteroatoms. The SMILES string of the molecule is CC(C)(C)[Si](OCCc1cccc(C[C@H]2[C@@H]3CCC(O3)[C@H]2C2=N[C@H](C(=O)O)CO2)c1)(c1ccccc1)c1ccccc1. The van der Waals surface area contributed by atoms with Gasteiger partial charge in [-0.15, -0.1) is 0 Å². The van der Waals surface area contributed by atoms with Gasteiger partial charge in [0.2, 0.25) is 0 Å². The van der Waals surface area contributed by atoms with Gasteiger partial charge >= 0.3 is 5.97 Å². The summed E-state index contributed by atoms with van der Waals surface area (Å²) in [4.78, 5) is 15.9. The van der Waals surface area contributed by atoms with E-state index in [0.29, 0.717) is 12.5 Å². The zero-order chi connectivity index (χ0) is 29.3. The molecule has 3 aliphatic rings.